The summed E-state index contributed by atoms with van der Waals surface area (Å²) in [6, 6.07) is 6.05. The van der Waals surface area contributed by atoms with Crippen LogP contribution in [0.5, 0.6) is 0 Å². The van der Waals surface area contributed by atoms with E-state index in [1.165, 1.54) is 6.08 Å². The third kappa shape index (κ3) is 3.45. The molecular weight excluding hydrogens is 473 g/mol. The number of hydrogen-bond acceptors (Lipinski definition) is 2. The van der Waals surface area contributed by atoms with E-state index < -0.39 is 0 Å². The molecule has 0 bridgehead atoms. The number of halogens is 2. The third-order valence-corrected chi connectivity index (χ3v) is 5.19. The third-order valence-electron chi connectivity index (χ3n) is 3.84. The predicted octanol–water partition coefficient (Wildman–Crippen LogP) is 2.52. The summed E-state index contributed by atoms with van der Waals surface area (Å²) in [4.78, 5) is 25.3. The van der Waals surface area contributed by atoms with Crippen LogP contribution in [-0.2, 0) is 16.1 Å². The molecule has 2 amide bonds. The van der Waals surface area contributed by atoms with E-state index in [-0.39, 0.29) is 24.4 Å². The number of nitrogens with zero attached hydrogens (tertiary/aromatic N) is 2. The lowest BCUT2D eigenvalue weighted by Crippen LogP contribution is -2.61. The molecule has 7 heteroatoms. The maximum Gasteiger partial charge on any atom is 0.246 e. The van der Waals surface area contributed by atoms with Crippen molar-refractivity contribution in [1.82, 2.24) is 14.8 Å². The fraction of sp³-hybridized carbons (Fsp3) is 0.250. The normalized spacial score (nSPS) is 14.6. The molecule has 0 atom stereocenters. The molecular formula is C16H15BrIN3O2. The van der Waals surface area contributed by atoms with Gasteiger partial charge in [-0.1, -0.05) is 22.5 Å². The average Bonchev–Trinajstić information content (AvgIpc) is 2.77. The summed E-state index contributed by atoms with van der Waals surface area (Å²) < 4.78 is 4.08. The molecule has 1 fully saturated rings. The molecule has 1 N–H and O–H groups in total. The molecule has 0 spiro atoms. The SMILES string of the molecule is C=CC(=O)N1CC(NC(=O)Cn2cc(I)c3cc(Br)ccc32)C1. The average molecular weight is 488 g/mol. The van der Waals surface area contributed by atoms with Crippen LogP contribution in [0.15, 0.2) is 41.5 Å². The van der Waals surface area contributed by atoms with Gasteiger partial charge in [0.25, 0.3) is 0 Å². The highest BCUT2D eigenvalue weighted by atomic mass is 127. The minimum atomic E-state index is -0.0907. The Bertz CT molecular complexity index is 796. The van der Waals surface area contributed by atoms with Gasteiger partial charge in [-0.2, -0.15) is 0 Å². The first-order valence-electron chi connectivity index (χ1n) is 7.12. The van der Waals surface area contributed by atoms with E-state index in [4.69, 9.17) is 0 Å². The Morgan fingerprint density at radius 3 is 2.87 bits per heavy atom. The van der Waals surface area contributed by atoms with E-state index in [1.54, 1.807) is 4.90 Å². The summed E-state index contributed by atoms with van der Waals surface area (Å²) in [6.07, 6.45) is 3.27. The van der Waals surface area contributed by atoms with Gasteiger partial charge in [-0.25, -0.2) is 0 Å². The van der Waals surface area contributed by atoms with Crippen molar-refractivity contribution in [2.75, 3.05) is 13.1 Å². The van der Waals surface area contributed by atoms with Crippen LogP contribution in [-0.4, -0.2) is 40.4 Å². The van der Waals surface area contributed by atoms with E-state index in [2.05, 4.69) is 56.5 Å². The lowest BCUT2D eigenvalue weighted by Gasteiger charge is -2.38. The lowest BCUT2D eigenvalue weighted by atomic mass is 10.1. The summed E-state index contributed by atoms with van der Waals surface area (Å²) in [7, 11) is 0. The number of rotatable bonds is 4. The largest absolute Gasteiger partial charge is 0.348 e. The first-order chi connectivity index (χ1) is 11.0. The van der Waals surface area contributed by atoms with Crippen LogP contribution in [0, 0.1) is 3.57 Å². The van der Waals surface area contributed by atoms with Gasteiger partial charge in [-0.05, 0) is 46.9 Å². The molecule has 23 heavy (non-hydrogen) atoms. The zero-order valence-corrected chi connectivity index (χ0v) is 16.0. The van der Waals surface area contributed by atoms with Gasteiger partial charge in [0.15, 0.2) is 0 Å². The first-order valence-corrected chi connectivity index (χ1v) is 8.99. The van der Waals surface area contributed by atoms with Crippen LogP contribution in [0.1, 0.15) is 0 Å². The summed E-state index contributed by atoms with van der Waals surface area (Å²) in [5.74, 6) is -0.135. The number of likely N-dealkylation sites (tertiary alicyclic amines) is 1. The fourth-order valence-corrected chi connectivity index (χ4v) is 3.79. The fourth-order valence-electron chi connectivity index (χ4n) is 2.66. The van der Waals surface area contributed by atoms with Gasteiger partial charge in [0.05, 0.1) is 6.04 Å². The summed E-state index contributed by atoms with van der Waals surface area (Å²) in [5.41, 5.74) is 1.03. The molecule has 1 aliphatic rings. The maximum atomic E-state index is 12.2. The molecule has 0 unspecified atom stereocenters. The summed E-state index contributed by atoms with van der Waals surface area (Å²) in [6.45, 7) is 4.83. The molecule has 0 radical (unpaired) electrons. The van der Waals surface area contributed by atoms with E-state index in [0.717, 1.165) is 18.9 Å². The van der Waals surface area contributed by atoms with Gasteiger partial charge in [-0.15, -0.1) is 0 Å². The van der Waals surface area contributed by atoms with Crippen LogP contribution in [0.4, 0.5) is 0 Å². The second-order valence-corrected chi connectivity index (χ2v) is 7.56. The first kappa shape index (κ1) is 16.5. The molecule has 0 aliphatic carbocycles. The molecule has 1 aromatic heterocycles. The maximum absolute atomic E-state index is 12.2. The van der Waals surface area contributed by atoms with E-state index >= 15 is 0 Å². The minimum Gasteiger partial charge on any atom is -0.348 e. The van der Waals surface area contributed by atoms with Gasteiger partial charge in [-0.3, -0.25) is 9.59 Å². The molecule has 0 saturated carbocycles. The molecule has 2 aromatic rings. The van der Waals surface area contributed by atoms with Crippen LogP contribution in [0.25, 0.3) is 10.9 Å². The van der Waals surface area contributed by atoms with Crippen LogP contribution >= 0.6 is 38.5 Å². The number of fused-ring (bicyclic) bond motifs is 1. The number of carbonyl (C=O) groups is 2. The van der Waals surface area contributed by atoms with E-state index in [0.29, 0.717) is 13.1 Å². The number of amides is 2. The monoisotopic (exact) mass is 487 g/mol. The smallest absolute Gasteiger partial charge is 0.246 e. The van der Waals surface area contributed by atoms with Crippen molar-refractivity contribution in [2.45, 2.75) is 12.6 Å². The Balaban J connectivity index is 1.63. The van der Waals surface area contributed by atoms with Crippen molar-refractivity contribution in [1.29, 1.82) is 0 Å². The molecule has 3 rings (SSSR count). The van der Waals surface area contributed by atoms with Crippen molar-refractivity contribution in [2.24, 2.45) is 0 Å². The van der Waals surface area contributed by atoms with Gasteiger partial charge < -0.3 is 14.8 Å². The zero-order valence-electron chi connectivity index (χ0n) is 12.3. The number of hydrogen-bond donors (Lipinski definition) is 1. The molecule has 1 aliphatic heterocycles. The number of carbonyl (C=O) groups excluding carboxylic acids is 2. The van der Waals surface area contributed by atoms with Crippen molar-refractivity contribution in [3.05, 3.63) is 45.1 Å². The van der Waals surface area contributed by atoms with Crippen molar-refractivity contribution in [3.8, 4) is 0 Å². The number of nitrogens with one attached hydrogen (secondary N) is 1. The second kappa shape index (κ2) is 6.64. The van der Waals surface area contributed by atoms with Crippen LogP contribution in [0.3, 0.4) is 0 Å². The van der Waals surface area contributed by atoms with Gasteiger partial charge in [0.2, 0.25) is 11.8 Å². The van der Waals surface area contributed by atoms with Crippen LogP contribution < -0.4 is 5.32 Å². The Hall–Kier alpha value is -1.35. The Morgan fingerprint density at radius 1 is 1.43 bits per heavy atom. The van der Waals surface area contributed by atoms with E-state index in [9.17, 15) is 9.59 Å². The summed E-state index contributed by atoms with van der Waals surface area (Å²) in [5, 5.41) is 4.08. The van der Waals surface area contributed by atoms with Gasteiger partial charge in [0.1, 0.15) is 6.54 Å². The van der Waals surface area contributed by atoms with Crippen molar-refractivity contribution >= 4 is 61.2 Å². The quantitative estimate of drug-likeness (QED) is 0.532. The van der Waals surface area contributed by atoms with Crippen molar-refractivity contribution < 1.29 is 9.59 Å². The minimum absolute atomic E-state index is 0.0291. The second-order valence-electron chi connectivity index (χ2n) is 5.48. The molecule has 120 valence electrons. The Morgan fingerprint density at radius 2 is 2.17 bits per heavy atom. The molecule has 1 aromatic carbocycles. The highest BCUT2D eigenvalue weighted by Crippen LogP contribution is 2.26. The molecule has 1 saturated heterocycles. The van der Waals surface area contributed by atoms with Gasteiger partial charge in [0, 0.05) is 38.2 Å². The topological polar surface area (TPSA) is 54.3 Å². The Labute approximate surface area is 156 Å². The standard InChI is InChI=1S/C16H15BrIN3O2/c1-2-16(23)21-6-11(7-21)19-15(22)9-20-8-13(18)12-5-10(17)3-4-14(12)20/h2-5,8,11H,1,6-7,9H2,(H,19,22). The van der Waals surface area contributed by atoms with Gasteiger partial charge >= 0.3 is 0 Å². The predicted molar refractivity (Wildman–Crippen MR) is 101 cm³/mol. The highest BCUT2D eigenvalue weighted by Gasteiger charge is 2.30. The molecule has 5 nitrogen and oxygen atoms in total. The number of aromatic nitrogens is 1. The lowest BCUT2D eigenvalue weighted by molar-refractivity contribution is -0.133. The number of benzene rings is 1. The Kier molecular flexibility index (Phi) is 4.77. The van der Waals surface area contributed by atoms with Crippen molar-refractivity contribution in [3.63, 3.8) is 0 Å². The highest BCUT2D eigenvalue weighted by molar-refractivity contribution is 14.1. The zero-order chi connectivity index (χ0) is 16.6. The molecule has 2 heterocycles. The van der Waals surface area contributed by atoms with E-state index in [1.807, 2.05) is 22.9 Å². The van der Waals surface area contributed by atoms with Crippen LogP contribution in [0.2, 0.25) is 0 Å². The summed E-state index contributed by atoms with van der Waals surface area (Å²) >= 11 is 5.74.